The molecule has 1 heterocycles. The van der Waals surface area contributed by atoms with Crippen LogP contribution < -0.4 is 4.74 Å². The Balaban J connectivity index is 1.88. The third kappa shape index (κ3) is 2.62. The molecular weight excluding hydrogens is 334 g/mol. The van der Waals surface area contributed by atoms with E-state index in [1.165, 1.54) is 4.31 Å². The maximum atomic E-state index is 13.1. The van der Waals surface area contributed by atoms with Crippen LogP contribution in [0.4, 0.5) is 0 Å². The third-order valence-electron chi connectivity index (χ3n) is 4.43. The standard InChI is InChI=1S/C20H17NO3S/c1-21(25(22,23)15-9-3-2-4-10-15)20-16-11-5-7-13-18(16)24-19-14-8-6-12-17(19)20/h2-14,20H,1H3. The summed E-state index contributed by atoms with van der Waals surface area (Å²) in [6.45, 7) is 0. The molecule has 25 heavy (non-hydrogen) atoms. The van der Waals surface area contributed by atoms with Crippen molar-refractivity contribution in [1.82, 2.24) is 4.31 Å². The molecule has 0 aromatic heterocycles. The number of sulfonamides is 1. The van der Waals surface area contributed by atoms with E-state index in [1.54, 1.807) is 37.4 Å². The minimum Gasteiger partial charge on any atom is -0.457 e. The molecule has 0 bridgehead atoms. The highest BCUT2D eigenvalue weighted by atomic mass is 32.2. The monoisotopic (exact) mass is 351 g/mol. The molecular formula is C20H17NO3S. The Morgan fingerprint density at radius 1 is 0.760 bits per heavy atom. The van der Waals surface area contributed by atoms with Gasteiger partial charge >= 0.3 is 0 Å². The minimum absolute atomic E-state index is 0.277. The van der Waals surface area contributed by atoms with E-state index in [0.29, 0.717) is 11.5 Å². The molecule has 0 atom stereocenters. The highest BCUT2D eigenvalue weighted by Crippen LogP contribution is 2.46. The van der Waals surface area contributed by atoms with Crippen LogP contribution in [0.1, 0.15) is 17.2 Å². The van der Waals surface area contributed by atoms with Gasteiger partial charge in [-0.15, -0.1) is 0 Å². The topological polar surface area (TPSA) is 46.6 Å². The molecule has 5 heteroatoms. The first-order valence-corrected chi connectivity index (χ1v) is 9.42. The van der Waals surface area contributed by atoms with Gasteiger partial charge in [0.15, 0.2) is 0 Å². The predicted molar refractivity (Wildman–Crippen MR) is 96.2 cm³/mol. The van der Waals surface area contributed by atoms with Crippen LogP contribution in [0.2, 0.25) is 0 Å². The molecule has 0 fully saturated rings. The lowest BCUT2D eigenvalue weighted by atomic mass is 9.95. The van der Waals surface area contributed by atoms with E-state index < -0.39 is 16.1 Å². The highest BCUT2D eigenvalue weighted by Gasteiger charge is 2.36. The quantitative estimate of drug-likeness (QED) is 0.710. The predicted octanol–water partition coefficient (Wildman–Crippen LogP) is 4.20. The van der Waals surface area contributed by atoms with Gasteiger partial charge in [0.25, 0.3) is 0 Å². The number of nitrogens with zero attached hydrogens (tertiary/aromatic N) is 1. The van der Waals surface area contributed by atoms with E-state index in [4.69, 9.17) is 4.74 Å². The van der Waals surface area contributed by atoms with Crippen molar-refractivity contribution in [2.24, 2.45) is 0 Å². The van der Waals surface area contributed by atoms with Crippen LogP contribution >= 0.6 is 0 Å². The van der Waals surface area contributed by atoms with Crippen LogP contribution in [0.3, 0.4) is 0 Å². The summed E-state index contributed by atoms with van der Waals surface area (Å²) in [6, 6.07) is 23.2. The van der Waals surface area contributed by atoms with Crippen LogP contribution in [0.25, 0.3) is 0 Å². The average molecular weight is 351 g/mol. The Morgan fingerprint density at radius 3 is 1.80 bits per heavy atom. The summed E-state index contributed by atoms with van der Waals surface area (Å²) >= 11 is 0. The van der Waals surface area contributed by atoms with E-state index in [1.807, 2.05) is 48.5 Å². The lowest BCUT2D eigenvalue weighted by molar-refractivity contribution is 0.367. The second-order valence-corrected chi connectivity index (χ2v) is 7.91. The van der Waals surface area contributed by atoms with Gasteiger partial charge in [-0.25, -0.2) is 8.42 Å². The van der Waals surface area contributed by atoms with Gasteiger partial charge in [-0.3, -0.25) is 0 Å². The number of fused-ring (bicyclic) bond motifs is 2. The first kappa shape index (κ1) is 15.9. The van der Waals surface area contributed by atoms with Gasteiger partial charge in [-0.2, -0.15) is 4.31 Å². The zero-order chi connectivity index (χ0) is 17.4. The summed E-state index contributed by atoms with van der Waals surface area (Å²) in [5, 5.41) is 0. The van der Waals surface area contributed by atoms with E-state index in [9.17, 15) is 8.42 Å². The lowest BCUT2D eigenvalue weighted by Gasteiger charge is -2.33. The third-order valence-corrected chi connectivity index (χ3v) is 6.27. The van der Waals surface area contributed by atoms with Crippen LogP contribution in [0, 0.1) is 0 Å². The first-order chi connectivity index (χ1) is 12.1. The number of hydrogen-bond acceptors (Lipinski definition) is 3. The molecule has 0 unspecified atom stereocenters. The van der Waals surface area contributed by atoms with Crippen LogP contribution in [0.5, 0.6) is 11.5 Å². The summed E-state index contributed by atoms with van der Waals surface area (Å²) in [5.41, 5.74) is 1.67. The van der Waals surface area contributed by atoms with E-state index in [2.05, 4.69) is 0 Å². The molecule has 4 rings (SSSR count). The Morgan fingerprint density at radius 2 is 1.24 bits per heavy atom. The smallest absolute Gasteiger partial charge is 0.243 e. The molecule has 0 aliphatic carbocycles. The van der Waals surface area contributed by atoms with Gasteiger partial charge in [-0.1, -0.05) is 54.6 Å². The Bertz CT molecular complexity index is 970. The fourth-order valence-corrected chi connectivity index (χ4v) is 4.51. The zero-order valence-corrected chi connectivity index (χ0v) is 14.5. The maximum Gasteiger partial charge on any atom is 0.243 e. The summed E-state index contributed by atoms with van der Waals surface area (Å²) in [6.07, 6.45) is 0. The SMILES string of the molecule is CN(C1c2ccccc2Oc2ccccc21)S(=O)(=O)c1ccccc1. The molecule has 4 nitrogen and oxygen atoms in total. The second kappa shape index (κ2) is 6.02. The summed E-state index contributed by atoms with van der Waals surface area (Å²) in [5.74, 6) is 1.36. The van der Waals surface area contributed by atoms with Crippen LogP contribution in [0.15, 0.2) is 83.8 Å². The van der Waals surface area contributed by atoms with Crippen molar-refractivity contribution >= 4 is 10.0 Å². The van der Waals surface area contributed by atoms with Crippen molar-refractivity contribution < 1.29 is 13.2 Å². The second-order valence-electron chi connectivity index (χ2n) is 5.91. The highest BCUT2D eigenvalue weighted by molar-refractivity contribution is 7.89. The largest absolute Gasteiger partial charge is 0.457 e. The van der Waals surface area contributed by atoms with Gasteiger partial charge < -0.3 is 4.74 Å². The Hall–Kier alpha value is -2.63. The van der Waals surface area contributed by atoms with Crippen molar-refractivity contribution in [3.63, 3.8) is 0 Å². The molecule has 0 amide bonds. The van der Waals surface area contributed by atoms with Gasteiger partial charge in [0.05, 0.1) is 10.9 Å². The first-order valence-electron chi connectivity index (χ1n) is 7.98. The average Bonchev–Trinajstić information content (AvgIpc) is 2.66. The minimum atomic E-state index is -3.65. The lowest BCUT2D eigenvalue weighted by Crippen LogP contribution is -2.33. The fourth-order valence-electron chi connectivity index (χ4n) is 3.17. The number of ether oxygens (including phenoxy) is 1. The van der Waals surface area contributed by atoms with Crippen molar-refractivity contribution in [2.75, 3.05) is 7.05 Å². The molecule has 3 aromatic rings. The van der Waals surface area contributed by atoms with Crippen molar-refractivity contribution in [3.05, 3.63) is 90.0 Å². The van der Waals surface area contributed by atoms with Gasteiger partial charge in [0.2, 0.25) is 10.0 Å². The zero-order valence-electron chi connectivity index (χ0n) is 13.7. The Kier molecular flexibility index (Phi) is 3.82. The number of rotatable bonds is 3. The molecule has 1 aliphatic heterocycles. The normalized spacial score (nSPS) is 13.8. The van der Waals surface area contributed by atoms with Crippen molar-refractivity contribution in [3.8, 4) is 11.5 Å². The Labute approximate surface area is 147 Å². The number of hydrogen-bond donors (Lipinski definition) is 0. The number of para-hydroxylation sites is 2. The van der Waals surface area contributed by atoms with E-state index in [0.717, 1.165) is 11.1 Å². The van der Waals surface area contributed by atoms with Crippen LogP contribution in [-0.4, -0.2) is 19.8 Å². The summed E-state index contributed by atoms with van der Waals surface area (Å²) in [7, 11) is -2.03. The molecule has 0 saturated carbocycles. The van der Waals surface area contributed by atoms with Crippen molar-refractivity contribution in [2.45, 2.75) is 10.9 Å². The van der Waals surface area contributed by atoms with Gasteiger partial charge in [-0.05, 0) is 24.3 Å². The molecule has 126 valence electrons. The van der Waals surface area contributed by atoms with Crippen LogP contribution in [-0.2, 0) is 10.0 Å². The molecule has 0 N–H and O–H groups in total. The molecule has 1 aliphatic rings. The fraction of sp³-hybridized carbons (Fsp3) is 0.100. The summed E-state index contributed by atoms with van der Waals surface area (Å²) in [4.78, 5) is 0.277. The molecule has 0 saturated heterocycles. The van der Waals surface area contributed by atoms with E-state index >= 15 is 0 Å². The van der Waals surface area contributed by atoms with E-state index in [-0.39, 0.29) is 4.90 Å². The van der Waals surface area contributed by atoms with Crippen molar-refractivity contribution in [1.29, 1.82) is 0 Å². The van der Waals surface area contributed by atoms with Gasteiger partial charge in [0.1, 0.15) is 11.5 Å². The molecule has 0 spiro atoms. The number of benzene rings is 3. The molecule has 3 aromatic carbocycles. The summed E-state index contributed by atoms with van der Waals surface area (Å²) < 4.78 is 33.6. The molecule has 0 radical (unpaired) electrons. The maximum absolute atomic E-state index is 13.1. The van der Waals surface area contributed by atoms with Gasteiger partial charge in [0, 0.05) is 18.2 Å².